The molecule has 1 atom stereocenters. The predicted molar refractivity (Wildman–Crippen MR) is 188 cm³/mol. The number of carbonyl (C=O) groups excluding carboxylic acids is 2. The molecule has 0 saturated carbocycles. The van der Waals surface area contributed by atoms with Crippen LogP contribution in [0.25, 0.3) is 0 Å². The molecular weight excluding hydrogens is 662 g/mol. The topological polar surface area (TPSA) is 86.8 Å². The van der Waals surface area contributed by atoms with E-state index in [1.807, 2.05) is 95.3 Å². The molecule has 46 heavy (non-hydrogen) atoms. The second kappa shape index (κ2) is 15.6. The van der Waals surface area contributed by atoms with Gasteiger partial charge < -0.3 is 10.2 Å². The summed E-state index contributed by atoms with van der Waals surface area (Å²) in [5.41, 5.74) is 4.89. The molecule has 0 unspecified atom stereocenters. The van der Waals surface area contributed by atoms with Gasteiger partial charge >= 0.3 is 0 Å². The number of anilines is 1. The third-order valence-electron chi connectivity index (χ3n) is 7.86. The highest BCUT2D eigenvalue weighted by molar-refractivity contribution is 9.10. The monoisotopic (exact) mass is 703 g/mol. The highest BCUT2D eigenvalue weighted by atomic mass is 79.9. The number of nitrogens with zero attached hydrogens (tertiary/aromatic N) is 2. The number of halogens is 1. The van der Waals surface area contributed by atoms with E-state index < -0.39 is 28.5 Å². The Hall–Kier alpha value is -3.95. The van der Waals surface area contributed by atoms with E-state index >= 15 is 0 Å². The molecule has 2 amide bonds. The molecule has 0 radical (unpaired) electrons. The Morgan fingerprint density at radius 3 is 2.11 bits per heavy atom. The van der Waals surface area contributed by atoms with Crippen LogP contribution in [0.4, 0.5) is 5.69 Å². The molecule has 7 nitrogen and oxygen atoms in total. The van der Waals surface area contributed by atoms with Crippen LogP contribution in [0.15, 0.2) is 106 Å². The number of rotatable bonds is 13. The predicted octanol–water partition coefficient (Wildman–Crippen LogP) is 6.98. The number of aryl methyl sites for hydroxylation is 3. The molecule has 1 N–H and O–H groups in total. The van der Waals surface area contributed by atoms with Crippen molar-refractivity contribution >= 4 is 43.5 Å². The fourth-order valence-electron chi connectivity index (χ4n) is 5.06. The molecule has 4 aromatic carbocycles. The van der Waals surface area contributed by atoms with Gasteiger partial charge in [0, 0.05) is 24.0 Å². The van der Waals surface area contributed by atoms with E-state index in [9.17, 15) is 18.0 Å². The van der Waals surface area contributed by atoms with Gasteiger partial charge in [-0.2, -0.15) is 0 Å². The summed E-state index contributed by atoms with van der Waals surface area (Å²) < 4.78 is 30.5. The molecule has 0 aliphatic rings. The number of hydrogen-bond acceptors (Lipinski definition) is 4. The molecule has 0 aliphatic heterocycles. The van der Waals surface area contributed by atoms with Crippen molar-refractivity contribution < 1.29 is 18.0 Å². The van der Waals surface area contributed by atoms with Crippen molar-refractivity contribution in [3.8, 4) is 0 Å². The van der Waals surface area contributed by atoms with Crippen molar-refractivity contribution in [2.24, 2.45) is 5.92 Å². The van der Waals surface area contributed by atoms with Gasteiger partial charge in [0.2, 0.25) is 11.8 Å². The Morgan fingerprint density at radius 2 is 1.48 bits per heavy atom. The molecule has 0 heterocycles. The first-order chi connectivity index (χ1) is 21.8. The van der Waals surface area contributed by atoms with E-state index in [1.165, 1.54) is 4.90 Å². The normalized spacial score (nSPS) is 12.1. The Morgan fingerprint density at radius 1 is 0.804 bits per heavy atom. The van der Waals surface area contributed by atoms with Crippen molar-refractivity contribution in [1.82, 2.24) is 10.2 Å². The SMILES string of the molecule is Cc1ccc(S(=O)(=O)N(CC(=O)N(Cc2cccc(Br)c2)[C@@H](Cc2ccccc2)C(=O)NCC(C)C)c2ccc(C)c(C)c2)cc1. The molecular formula is C37H42BrN3O4S. The standard InChI is InChI=1S/C37H42BrN3O4S/c1-26(2)23-39-37(43)35(22-30-10-7-6-8-11-30)40(24-31-12-9-13-32(38)21-31)36(42)25-41(33-17-16-28(4)29(5)20-33)46(44,45)34-18-14-27(3)15-19-34/h6-21,26,35H,22-25H2,1-5H3,(H,39,43)/t35-/m0/s1. The molecule has 9 heteroatoms. The van der Waals surface area contributed by atoms with Crippen LogP contribution in [0, 0.1) is 26.7 Å². The minimum atomic E-state index is -4.16. The van der Waals surface area contributed by atoms with E-state index in [2.05, 4.69) is 21.2 Å². The van der Waals surface area contributed by atoms with E-state index in [1.54, 1.807) is 36.4 Å². The first-order valence-corrected chi connectivity index (χ1v) is 17.6. The molecule has 242 valence electrons. The van der Waals surface area contributed by atoms with E-state index in [0.717, 1.165) is 36.6 Å². The minimum Gasteiger partial charge on any atom is -0.354 e. The number of carbonyl (C=O) groups is 2. The number of hydrogen-bond donors (Lipinski definition) is 1. The maximum atomic E-state index is 14.6. The maximum absolute atomic E-state index is 14.6. The maximum Gasteiger partial charge on any atom is 0.264 e. The fraction of sp³-hybridized carbons (Fsp3) is 0.297. The molecule has 0 saturated heterocycles. The quantitative estimate of drug-likeness (QED) is 0.163. The summed E-state index contributed by atoms with van der Waals surface area (Å²) >= 11 is 3.52. The lowest BCUT2D eigenvalue weighted by Gasteiger charge is -2.34. The lowest BCUT2D eigenvalue weighted by atomic mass is 10.0. The fourth-order valence-corrected chi connectivity index (χ4v) is 6.91. The molecule has 4 rings (SSSR count). The number of sulfonamides is 1. The second-order valence-corrected chi connectivity index (χ2v) is 14.9. The summed E-state index contributed by atoms with van der Waals surface area (Å²) in [5.74, 6) is -0.579. The molecule has 0 fully saturated rings. The molecule has 0 bridgehead atoms. The van der Waals surface area contributed by atoms with Crippen molar-refractivity contribution in [2.45, 2.75) is 58.5 Å². The summed E-state index contributed by atoms with van der Waals surface area (Å²) in [6.07, 6.45) is 0.263. The molecule has 0 aromatic heterocycles. The Labute approximate surface area is 281 Å². The molecule has 0 spiro atoms. The number of amides is 2. The van der Waals surface area contributed by atoms with Crippen molar-refractivity contribution in [2.75, 3.05) is 17.4 Å². The van der Waals surface area contributed by atoms with Crippen LogP contribution >= 0.6 is 15.9 Å². The molecule has 4 aromatic rings. The van der Waals surface area contributed by atoms with Gasteiger partial charge in [0.05, 0.1) is 10.6 Å². The first kappa shape index (κ1) is 34.9. The van der Waals surface area contributed by atoms with Gasteiger partial charge in [-0.15, -0.1) is 0 Å². The lowest BCUT2D eigenvalue weighted by Crippen LogP contribution is -2.53. The van der Waals surface area contributed by atoms with Crippen molar-refractivity contribution in [1.29, 1.82) is 0 Å². The summed E-state index contributed by atoms with van der Waals surface area (Å²) in [6.45, 7) is 9.82. The zero-order chi connectivity index (χ0) is 33.4. The Bertz CT molecular complexity index is 1760. The van der Waals surface area contributed by atoms with Gasteiger partial charge in [0.1, 0.15) is 12.6 Å². The van der Waals surface area contributed by atoms with Gasteiger partial charge in [-0.25, -0.2) is 8.42 Å². The zero-order valence-corrected chi connectivity index (χ0v) is 29.4. The summed E-state index contributed by atoms with van der Waals surface area (Å²) in [4.78, 5) is 30.1. The van der Waals surface area contributed by atoms with Crippen LogP contribution < -0.4 is 9.62 Å². The van der Waals surface area contributed by atoms with Gasteiger partial charge in [0.15, 0.2) is 0 Å². The van der Waals surface area contributed by atoms with Crippen LogP contribution in [-0.2, 0) is 32.6 Å². The smallest absolute Gasteiger partial charge is 0.264 e. The third-order valence-corrected chi connectivity index (χ3v) is 10.1. The van der Waals surface area contributed by atoms with Gasteiger partial charge in [-0.3, -0.25) is 13.9 Å². The Balaban J connectivity index is 1.82. The summed E-state index contributed by atoms with van der Waals surface area (Å²) in [6, 6.07) is 28.1. The number of benzene rings is 4. The zero-order valence-electron chi connectivity index (χ0n) is 27.0. The van der Waals surface area contributed by atoms with Gasteiger partial charge in [0.25, 0.3) is 10.0 Å². The molecule has 0 aliphatic carbocycles. The summed E-state index contributed by atoms with van der Waals surface area (Å²) in [5, 5.41) is 3.02. The van der Waals surface area contributed by atoms with Gasteiger partial charge in [-0.05, 0) is 85.3 Å². The largest absolute Gasteiger partial charge is 0.354 e. The van der Waals surface area contributed by atoms with Crippen molar-refractivity contribution in [3.63, 3.8) is 0 Å². The summed E-state index contributed by atoms with van der Waals surface area (Å²) in [7, 11) is -4.16. The average Bonchev–Trinajstić information content (AvgIpc) is 3.02. The third kappa shape index (κ3) is 9.07. The first-order valence-electron chi connectivity index (χ1n) is 15.4. The number of nitrogens with one attached hydrogen (secondary N) is 1. The van der Waals surface area contributed by atoms with Crippen molar-refractivity contribution in [3.05, 3.63) is 129 Å². The van der Waals surface area contributed by atoms with Crippen LogP contribution in [0.2, 0.25) is 0 Å². The second-order valence-electron chi connectivity index (χ2n) is 12.1. The average molecular weight is 705 g/mol. The van der Waals surface area contributed by atoms with E-state index in [-0.39, 0.29) is 29.7 Å². The van der Waals surface area contributed by atoms with E-state index in [0.29, 0.717) is 12.2 Å². The Kier molecular flexibility index (Phi) is 11.8. The minimum absolute atomic E-state index is 0.0816. The van der Waals surface area contributed by atoms with Crippen LogP contribution in [0.5, 0.6) is 0 Å². The highest BCUT2D eigenvalue weighted by Gasteiger charge is 2.34. The highest BCUT2D eigenvalue weighted by Crippen LogP contribution is 2.27. The van der Waals surface area contributed by atoms with Crippen LogP contribution in [-0.4, -0.2) is 44.3 Å². The van der Waals surface area contributed by atoms with Crippen LogP contribution in [0.3, 0.4) is 0 Å². The lowest BCUT2D eigenvalue weighted by molar-refractivity contribution is -0.140. The van der Waals surface area contributed by atoms with Crippen LogP contribution in [0.1, 0.15) is 41.7 Å². The van der Waals surface area contributed by atoms with Gasteiger partial charge in [-0.1, -0.05) is 96.0 Å². The van der Waals surface area contributed by atoms with E-state index in [4.69, 9.17) is 0 Å².